The molecule has 0 aliphatic rings. The van der Waals surface area contributed by atoms with Crippen LogP contribution in [-0.4, -0.2) is 68.5 Å². The summed E-state index contributed by atoms with van der Waals surface area (Å²) in [6.45, 7) is -0.114. The first-order valence-corrected chi connectivity index (χ1v) is 9.35. The monoisotopic (exact) mass is 435 g/mol. The molecule has 0 saturated heterocycles. The van der Waals surface area contributed by atoms with Crippen LogP contribution >= 0.6 is 0 Å². The van der Waals surface area contributed by atoms with Crippen molar-refractivity contribution in [2.75, 3.05) is 13.7 Å². The molecule has 3 unspecified atom stereocenters. The van der Waals surface area contributed by atoms with Gasteiger partial charge in [0.15, 0.2) is 11.8 Å². The lowest BCUT2D eigenvalue weighted by molar-refractivity contribution is -0.175. The number of carbonyl (C=O) groups is 3. The van der Waals surface area contributed by atoms with Crippen molar-refractivity contribution in [2.24, 2.45) is 7.05 Å². The molecule has 11 nitrogen and oxygen atoms in total. The number of carboxylic acid groups (broad SMARTS) is 2. The van der Waals surface area contributed by atoms with E-state index in [0.717, 1.165) is 11.3 Å². The first kappa shape index (κ1) is 24.0. The van der Waals surface area contributed by atoms with Crippen LogP contribution in [0.5, 0.6) is 0 Å². The molecule has 3 atom stereocenters. The summed E-state index contributed by atoms with van der Waals surface area (Å²) >= 11 is 0. The van der Waals surface area contributed by atoms with Gasteiger partial charge in [-0.25, -0.2) is 4.79 Å². The van der Waals surface area contributed by atoms with Crippen LogP contribution in [0.15, 0.2) is 42.6 Å². The van der Waals surface area contributed by atoms with Gasteiger partial charge < -0.3 is 24.8 Å². The normalized spacial score (nSPS) is 14.9. The fraction of sp³-hybridized carbons (Fsp3) is 0.400. The van der Waals surface area contributed by atoms with Crippen molar-refractivity contribution in [3.63, 3.8) is 0 Å². The van der Waals surface area contributed by atoms with E-state index in [1.807, 2.05) is 30.3 Å². The van der Waals surface area contributed by atoms with Crippen molar-refractivity contribution in [1.82, 2.24) is 15.1 Å². The number of carboxylic acids is 2. The van der Waals surface area contributed by atoms with Gasteiger partial charge in [0.05, 0.1) is 25.1 Å². The second-order valence-corrected chi connectivity index (χ2v) is 6.85. The molecule has 0 aliphatic heterocycles. The minimum absolute atomic E-state index is 0.114. The second-order valence-electron chi connectivity index (χ2n) is 6.85. The molecule has 31 heavy (non-hydrogen) atoms. The molecule has 0 bridgehead atoms. The molecular weight excluding hydrogens is 410 g/mol. The predicted molar refractivity (Wildman–Crippen MR) is 106 cm³/mol. The summed E-state index contributed by atoms with van der Waals surface area (Å²) in [6, 6.07) is 11.1. The molecule has 1 heterocycles. The van der Waals surface area contributed by atoms with Crippen molar-refractivity contribution in [2.45, 2.75) is 30.8 Å². The minimum atomic E-state index is -2.77. The number of hydrogen-bond donors (Lipinski definition) is 4. The number of aliphatic carboxylic acids is 2. The maximum Gasteiger partial charge on any atom is 0.336 e. The van der Waals surface area contributed by atoms with Gasteiger partial charge in [-0.05, 0) is 18.7 Å². The highest BCUT2D eigenvalue weighted by atomic mass is 16.6. The van der Waals surface area contributed by atoms with Crippen LogP contribution in [0.25, 0.3) is 0 Å². The van der Waals surface area contributed by atoms with Crippen molar-refractivity contribution in [1.29, 1.82) is 0 Å². The lowest BCUT2D eigenvalue weighted by Gasteiger charge is -2.25. The average molecular weight is 435 g/mol. The Morgan fingerprint density at radius 1 is 1.16 bits per heavy atom. The van der Waals surface area contributed by atoms with Gasteiger partial charge >= 0.3 is 17.9 Å². The van der Waals surface area contributed by atoms with E-state index in [-0.39, 0.29) is 6.61 Å². The Bertz CT molecular complexity index is 901. The van der Waals surface area contributed by atoms with Gasteiger partial charge in [-0.2, -0.15) is 5.10 Å². The Hall–Kier alpha value is -3.28. The van der Waals surface area contributed by atoms with Crippen LogP contribution in [0.4, 0.5) is 0 Å². The zero-order valence-corrected chi connectivity index (χ0v) is 17.1. The number of hydrogen-bond acceptors (Lipinski definition) is 8. The highest BCUT2D eigenvalue weighted by Gasteiger charge is 2.41. The smallest absolute Gasteiger partial charge is 0.336 e. The van der Waals surface area contributed by atoms with E-state index in [9.17, 15) is 19.5 Å². The van der Waals surface area contributed by atoms with Gasteiger partial charge in [-0.15, -0.1) is 0 Å². The molecule has 0 fully saturated rings. The number of carbonyl (C=O) groups excluding carboxylic acids is 1. The van der Waals surface area contributed by atoms with E-state index in [0.29, 0.717) is 0 Å². The Balaban J connectivity index is 2.07. The molecule has 0 saturated carbocycles. The van der Waals surface area contributed by atoms with Crippen molar-refractivity contribution < 1.29 is 39.2 Å². The van der Waals surface area contributed by atoms with E-state index >= 15 is 0 Å². The topological polar surface area (TPSA) is 160 Å². The number of ether oxygens (including phenoxy) is 2. The minimum Gasteiger partial charge on any atom is -0.481 e. The summed E-state index contributed by atoms with van der Waals surface area (Å²) in [5, 5.41) is 34.7. The maximum absolute atomic E-state index is 12.2. The van der Waals surface area contributed by atoms with Crippen LogP contribution in [0.2, 0.25) is 0 Å². The summed E-state index contributed by atoms with van der Waals surface area (Å²) < 4.78 is 12.8. The summed E-state index contributed by atoms with van der Waals surface area (Å²) in [7, 11) is 3.27. The Morgan fingerprint density at radius 3 is 2.35 bits per heavy atom. The molecule has 2 aromatic rings. The number of nitrogens with one attached hydrogen (secondary N) is 1. The lowest BCUT2D eigenvalue weighted by atomic mass is 9.96. The molecule has 0 aliphatic carbocycles. The largest absolute Gasteiger partial charge is 0.481 e. The molecule has 2 rings (SSSR count). The standard InChI is InChI=1S/C20H25N3O8/c1-21-15(31-17(26)11-20(29,19(27)28)10-16(24)25)12-30-18(13-6-4-3-5-7-13)14-8-9-22-23(14)2/h3-9,15,18,21,29H,10-12H2,1-2H3,(H,24,25)(H,27,28). The summed E-state index contributed by atoms with van der Waals surface area (Å²) in [6.07, 6.45) is -2.05. The van der Waals surface area contributed by atoms with E-state index in [4.69, 9.17) is 19.7 Å². The molecule has 168 valence electrons. The molecular formula is C20H25N3O8. The number of rotatable bonds is 12. The molecule has 0 radical (unpaired) electrons. The van der Waals surface area contributed by atoms with Gasteiger partial charge in [0.25, 0.3) is 0 Å². The molecule has 1 aromatic heterocycles. The van der Waals surface area contributed by atoms with Crippen molar-refractivity contribution in [3.8, 4) is 0 Å². The first-order valence-electron chi connectivity index (χ1n) is 9.35. The van der Waals surface area contributed by atoms with E-state index < -0.39 is 48.7 Å². The zero-order chi connectivity index (χ0) is 23.0. The molecule has 0 amide bonds. The highest BCUT2D eigenvalue weighted by Crippen LogP contribution is 2.25. The second kappa shape index (κ2) is 10.7. The lowest BCUT2D eigenvalue weighted by Crippen LogP contribution is -2.45. The highest BCUT2D eigenvalue weighted by molar-refractivity contribution is 5.88. The van der Waals surface area contributed by atoms with Crippen LogP contribution in [0.1, 0.15) is 30.2 Å². The van der Waals surface area contributed by atoms with Gasteiger partial charge in [0.2, 0.25) is 0 Å². The molecule has 1 aromatic carbocycles. The average Bonchev–Trinajstić information content (AvgIpc) is 3.13. The predicted octanol–water partition coefficient (Wildman–Crippen LogP) is 0.295. The number of aromatic nitrogens is 2. The number of benzene rings is 1. The van der Waals surface area contributed by atoms with Crippen molar-refractivity contribution in [3.05, 3.63) is 53.9 Å². The van der Waals surface area contributed by atoms with Gasteiger partial charge in [0.1, 0.15) is 6.10 Å². The summed E-state index contributed by atoms with van der Waals surface area (Å²) in [5.74, 6) is -4.48. The maximum atomic E-state index is 12.2. The fourth-order valence-corrected chi connectivity index (χ4v) is 2.88. The third-order valence-electron chi connectivity index (χ3n) is 4.52. The zero-order valence-electron chi connectivity index (χ0n) is 17.1. The van der Waals surface area contributed by atoms with Gasteiger partial charge in [0, 0.05) is 13.2 Å². The summed E-state index contributed by atoms with van der Waals surface area (Å²) in [4.78, 5) is 34.2. The third-order valence-corrected chi connectivity index (χ3v) is 4.52. The number of nitrogens with zero attached hydrogens (tertiary/aromatic N) is 2. The van der Waals surface area contributed by atoms with Crippen LogP contribution in [0, 0.1) is 0 Å². The number of aliphatic hydroxyl groups is 1. The number of aryl methyl sites for hydroxylation is 1. The Kier molecular flexibility index (Phi) is 8.25. The van der Waals surface area contributed by atoms with E-state index in [1.165, 1.54) is 7.05 Å². The number of likely N-dealkylation sites (N-methyl/N-ethyl adjacent to an activating group) is 1. The quantitative estimate of drug-likeness (QED) is 0.269. The number of esters is 1. The fourth-order valence-electron chi connectivity index (χ4n) is 2.88. The van der Waals surface area contributed by atoms with Gasteiger partial charge in [-0.1, -0.05) is 30.3 Å². The van der Waals surface area contributed by atoms with Crippen LogP contribution < -0.4 is 5.32 Å². The summed E-state index contributed by atoms with van der Waals surface area (Å²) in [5.41, 5.74) is -1.17. The Labute approximate surface area is 178 Å². The van der Waals surface area contributed by atoms with E-state index in [1.54, 1.807) is 24.0 Å². The van der Waals surface area contributed by atoms with Gasteiger partial charge in [-0.3, -0.25) is 19.6 Å². The molecule has 11 heteroatoms. The van der Waals surface area contributed by atoms with Crippen molar-refractivity contribution >= 4 is 17.9 Å². The first-order chi connectivity index (χ1) is 14.7. The SMILES string of the molecule is CNC(COC(c1ccccc1)c1ccnn1C)OC(=O)CC(O)(CC(=O)O)C(=O)O. The van der Waals surface area contributed by atoms with E-state index in [2.05, 4.69) is 10.4 Å². The molecule has 4 N–H and O–H groups in total. The third kappa shape index (κ3) is 6.60. The van der Waals surface area contributed by atoms with Crippen LogP contribution in [-0.2, 0) is 30.9 Å². The Morgan fingerprint density at radius 2 is 1.84 bits per heavy atom. The molecule has 0 spiro atoms. The van der Waals surface area contributed by atoms with Crippen LogP contribution in [0.3, 0.4) is 0 Å².